The number of hydrogen-bond acceptors (Lipinski definition) is 4. The molecule has 1 heterocycles. The zero-order valence-corrected chi connectivity index (χ0v) is 10.9. The van der Waals surface area contributed by atoms with E-state index in [1.807, 2.05) is 14.0 Å². The summed E-state index contributed by atoms with van der Waals surface area (Å²) in [6, 6.07) is 0.138. The van der Waals surface area contributed by atoms with Gasteiger partial charge in [0.05, 0.1) is 24.4 Å². The van der Waals surface area contributed by atoms with Gasteiger partial charge in [0.1, 0.15) is 0 Å². The lowest BCUT2D eigenvalue weighted by Crippen LogP contribution is -2.30. The summed E-state index contributed by atoms with van der Waals surface area (Å²) >= 11 is 0. The molecule has 1 aliphatic rings. The first kappa shape index (κ1) is 12.4. The minimum atomic E-state index is 0.138. The molecule has 0 bridgehead atoms. The van der Waals surface area contributed by atoms with Crippen LogP contribution in [-0.2, 0) is 7.05 Å². The maximum absolute atomic E-state index is 5.86. The van der Waals surface area contributed by atoms with Crippen LogP contribution in [0, 0.1) is 12.8 Å². The number of nitrogens with two attached hydrogens (primary N) is 1. The standard InChI is InChI=1S/C12H22N4O/c1-8-11(12(17-3)16(2)15-8)10(6-13)14-7-9-4-5-9/h9-10,14H,4-7,13H2,1-3H3. The lowest BCUT2D eigenvalue weighted by Gasteiger charge is -2.17. The van der Waals surface area contributed by atoms with Crippen LogP contribution in [0.1, 0.15) is 30.1 Å². The first-order chi connectivity index (χ1) is 8.17. The van der Waals surface area contributed by atoms with Crippen LogP contribution in [0.4, 0.5) is 0 Å². The Morgan fingerprint density at radius 2 is 2.29 bits per heavy atom. The van der Waals surface area contributed by atoms with Gasteiger partial charge in [0.15, 0.2) is 0 Å². The topological polar surface area (TPSA) is 65.1 Å². The van der Waals surface area contributed by atoms with Gasteiger partial charge in [-0.05, 0) is 32.2 Å². The van der Waals surface area contributed by atoms with Crippen molar-refractivity contribution >= 4 is 0 Å². The van der Waals surface area contributed by atoms with Gasteiger partial charge in [-0.25, -0.2) is 4.68 Å². The SMILES string of the molecule is COc1c(C(CN)NCC2CC2)c(C)nn1C. The highest BCUT2D eigenvalue weighted by molar-refractivity contribution is 5.34. The van der Waals surface area contributed by atoms with Crippen molar-refractivity contribution in [3.05, 3.63) is 11.3 Å². The molecule has 1 unspecified atom stereocenters. The maximum atomic E-state index is 5.86. The summed E-state index contributed by atoms with van der Waals surface area (Å²) in [4.78, 5) is 0. The largest absolute Gasteiger partial charge is 0.481 e. The number of ether oxygens (including phenoxy) is 1. The summed E-state index contributed by atoms with van der Waals surface area (Å²) in [6.07, 6.45) is 2.68. The summed E-state index contributed by atoms with van der Waals surface area (Å²) in [5, 5.41) is 7.91. The average molecular weight is 238 g/mol. The number of aryl methyl sites for hydroxylation is 2. The molecule has 17 heavy (non-hydrogen) atoms. The zero-order chi connectivity index (χ0) is 12.4. The number of nitrogens with zero attached hydrogens (tertiary/aromatic N) is 2. The Labute approximate surface area is 102 Å². The summed E-state index contributed by atoms with van der Waals surface area (Å²) in [5.74, 6) is 1.65. The fourth-order valence-corrected chi connectivity index (χ4v) is 2.23. The lowest BCUT2D eigenvalue weighted by molar-refractivity contribution is 0.362. The predicted molar refractivity (Wildman–Crippen MR) is 67.0 cm³/mol. The Morgan fingerprint density at radius 1 is 1.59 bits per heavy atom. The summed E-state index contributed by atoms with van der Waals surface area (Å²) in [7, 11) is 3.57. The van der Waals surface area contributed by atoms with Crippen molar-refractivity contribution in [3.8, 4) is 5.88 Å². The summed E-state index contributed by atoms with van der Waals surface area (Å²) in [6.45, 7) is 3.61. The molecular weight excluding hydrogens is 216 g/mol. The average Bonchev–Trinajstić information content (AvgIpc) is 3.07. The molecule has 1 aromatic rings. The first-order valence-electron chi connectivity index (χ1n) is 6.18. The van der Waals surface area contributed by atoms with E-state index in [4.69, 9.17) is 10.5 Å². The van der Waals surface area contributed by atoms with Crippen molar-refractivity contribution in [2.75, 3.05) is 20.2 Å². The van der Waals surface area contributed by atoms with E-state index in [9.17, 15) is 0 Å². The van der Waals surface area contributed by atoms with Crippen molar-refractivity contribution in [1.29, 1.82) is 0 Å². The van der Waals surface area contributed by atoms with Crippen LogP contribution < -0.4 is 15.8 Å². The predicted octanol–water partition coefficient (Wildman–Crippen LogP) is 0.737. The second kappa shape index (κ2) is 5.06. The Balaban J connectivity index is 2.15. The monoisotopic (exact) mass is 238 g/mol. The van der Waals surface area contributed by atoms with Gasteiger partial charge in [-0.2, -0.15) is 5.10 Å². The molecule has 0 saturated heterocycles. The molecule has 96 valence electrons. The summed E-state index contributed by atoms with van der Waals surface area (Å²) < 4.78 is 7.18. The Bertz CT molecular complexity index is 384. The zero-order valence-electron chi connectivity index (χ0n) is 10.9. The van der Waals surface area contributed by atoms with Crippen molar-refractivity contribution in [2.24, 2.45) is 18.7 Å². The van der Waals surface area contributed by atoms with Gasteiger partial charge in [0.25, 0.3) is 0 Å². The van der Waals surface area contributed by atoms with Crippen LogP contribution in [0.15, 0.2) is 0 Å². The van der Waals surface area contributed by atoms with Crippen LogP contribution in [0.5, 0.6) is 5.88 Å². The van der Waals surface area contributed by atoms with Gasteiger partial charge in [-0.1, -0.05) is 0 Å². The number of aromatic nitrogens is 2. The van der Waals surface area contributed by atoms with Gasteiger partial charge >= 0.3 is 0 Å². The first-order valence-corrected chi connectivity index (χ1v) is 6.18. The molecule has 0 spiro atoms. The number of rotatable bonds is 6. The maximum Gasteiger partial charge on any atom is 0.216 e. The molecule has 1 saturated carbocycles. The van der Waals surface area contributed by atoms with E-state index in [-0.39, 0.29) is 6.04 Å². The molecule has 0 radical (unpaired) electrons. The second-order valence-corrected chi connectivity index (χ2v) is 4.77. The van der Waals surface area contributed by atoms with Crippen molar-refractivity contribution in [3.63, 3.8) is 0 Å². The van der Waals surface area contributed by atoms with E-state index < -0.39 is 0 Å². The fraction of sp³-hybridized carbons (Fsp3) is 0.750. The molecule has 0 amide bonds. The molecule has 5 heteroatoms. The molecule has 0 aliphatic heterocycles. The lowest BCUT2D eigenvalue weighted by atomic mass is 10.1. The second-order valence-electron chi connectivity index (χ2n) is 4.77. The van der Waals surface area contributed by atoms with Crippen molar-refractivity contribution < 1.29 is 4.74 Å². The Hall–Kier alpha value is -1.07. The summed E-state index contributed by atoms with van der Waals surface area (Å²) in [5.41, 5.74) is 7.94. The fourth-order valence-electron chi connectivity index (χ4n) is 2.23. The third kappa shape index (κ3) is 2.61. The molecule has 1 fully saturated rings. The third-order valence-electron chi connectivity index (χ3n) is 3.34. The third-order valence-corrected chi connectivity index (χ3v) is 3.34. The van der Waals surface area contributed by atoms with Crippen LogP contribution in [0.3, 0.4) is 0 Å². The molecule has 5 nitrogen and oxygen atoms in total. The van der Waals surface area contributed by atoms with Crippen molar-refractivity contribution in [1.82, 2.24) is 15.1 Å². The van der Waals surface area contributed by atoms with Gasteiger partial charge in [0.2, 0.25) is 5.88 Å². The van der Waals surface area contributed by atoms with E-state index in [0.29, 0.717) is 6.54 Å². The van der Waals surface area contributed by atoms with Crippen LogP contribution >= 0.6 is 0 Å². The minimum absolute atomic E-state index is 0.138. The van der Waals surface area contributed by atoms with Crippen LogP contribution in [0.25, 0.3) is 0 Å². The van der Waals surface area contributed by atoms with Crippen LogP contribution in [0.2, 0.25) is 0 Å². The highest BCUT2D eigenvalue weighted by atomic mass is 16.5. The van der Waals surface area contributed by atoms with Gasteiger partial charge in [-0.3, -0.25) is 0 Å². The van der Waals surface area contributed by atoms with Gasteiger partial charge in [0, 0.05) is 13.6 Å². The van der Waals surface area contributed by atoms with Crippen molar-refractivity contribution in [2.45, 2.75) is 25.8 Å². The highest BCUT2D eigenvalue weighted by Crippen LogP contribution is 2.31. The molecule has 3 N–H and O–H groups in total. The molecule has 1 aromatic heterocycles. The molecule has 0 aromatic carbocycles. The normalized spacial score (nSPS) is 17.2. The van der Waals surface area contributed by atoms with Crippen LogP contribution in [-0.4, -0.2) is 30.0 Å². The highest BCUT2D eigenvalue weighted by Gasteiger charge is 2.26. The molecule has 2 rings (SSSR count). The quantitative estimate of drug-likeness (QED) is 0.767. The number of methoxy groups -OCH3 is 1. The van der Waals surface area contributed by atoms with E-state index in [2.05, 4.69) is 10.4 Å². The van der Waals surface area contributed by atoms with Gasteiger partial charge < -0.3 is 15.8 Å². The number of nitrogens with one attached hydrogen (secondary N) is 1. The Morgan fingerprint density at radius 3 is 2.82 bits per heavy atom. The van der Waals surface area contributed by atoms with E-state index >= 15 is 0 Å². The van der Waals surface area contributed by atoms with E-state index in [1.165, 1.54) is 12.8 Å². The smallest absolute Gasteiger partial charge is 0.216 e. The minimum Gasteiger partial charge on any atom is -0.481 e. The molecular formula is C12H22N4O. The van der Waals surface area contributed by atoms with E-state index in [0.717, 1.165) is 29.6 Å². The number of hydrogen-bond donors (Lipinski definition) is 2. The van der Waals surface area contributed by atoms with Gasteiger partial charge in [-0.15, -0.1) is 0 Å². The molecule has 1 aliphatic carbocycles. The molecule has 1 atom stereocenters. The Kier molecular flexibility index (Phi) is 3.69. The van der Waals surface area contributed by atoms with E-state index in [1.54, 1.807) is 11.8 Å².